The van der Waals surface area contributed by atoms with E-state index < -0.39 is 10.4 Å². The SMILES string of the molecule is O=S(=O)(OF)Oc1ccccc1CN1CCOCC1. The molecule has 0 N–H and O–H groups in total. The van der Waals surface area contributed by atoms with Gasteiger partial charge in [0.25, 0.3) is 0 Å². The molecule has 19 heavy (non-hydrogen) atoms. The van der Waals surface area contributed by atoms with Crippen molar-refractivity contribution in [3.8, 4) is 5.75 Å². The maximum atomic E-state index is 11.8. The van der Waals surface area contributed by atoms with Crippen molar-refractivity contribution in [2.45, 2.75) is 6.54 Å². The quantitative estimate of drug-likeness (QED) is 0.808. The van der Waals surface area contributed by atoms with Crippen LogP contribution in [0.15, 0.2) is 24.3 Å². The summed E-state index contributed by atoms with van der Waals surface area (Å²) >= 11 is 0. The number of ether oxygens (including phenoxy) is 1. The van der Waals surface area contributed by atoms with Crippen molar-refractivity contribution in [2.24, 2.45) is 0 Å². The number of rotatable bonds is 5. The van der Waals surface area contributed by atoms with E-state index in [0.29, 0.717) is 25.3 Å². The van der Waals surface area contributed by atoms with E-state index in [1.807, 2.05) is 0 Å². The zero-order chi connectivity index (χ0) is 13.7. The van der Waals surface area contributed by atoms with Gasteiger partial charge < -0.3 is 8.92 Å². The lowest BCUT2D eigenvalue weighted by Crippen LogP contribution is -2.35. The predicted molar refractivity (Wildman–Crippen MR) is 64.3 cm³/mol. The van der Waals surface area contributed by atoms with E-state index in [9.17, 15) is 12.9 Å². The van der Waals surface area contributed by atoms with Gasteiger partial charge in [0.2, 0.25) is 0 Å². The van der Waals surface area contributed by atoms with Gasteiger partial charge in [0.05, 0.1) is 13.2 Å². The predicted octanol–water partition coefficient (Wildman–Crippen LogP) is 1.04. The summed E-state index contributed by atoms with van der Waals surface area (Å²) in [6, 6.07) is 6.53. The molecule has 1 heterocycles. The Morgan fingerprint density at radius 3 is 2.63 bits per heavy atom. The molecule has 0 atom stereocenters. The van der Waals surface area contributed by atoms with Crippen LogP contribution >= 0.6 is 0 Å². The van der Waals surface area contributed by atoms with Crippen LogP contribution in [-0.2, 0) is 26.1 Å². The van der Waals surface area contributed by atoms with Crippen LogP contribution in [-0.4, -0.2) is 39.6 Å². The summed E-state index contributed by atoms with van der Waals surface area (Å²) in [5, 5.41) is 0. The fourth-order valence-corrected chi connectivity index (χ4v) is 2.25. The minimum atomic E-state index is -4.65. The van der Waals surface area contributed by atoms with Gasteiger partial charge in [-0.3, -0.25) is 4.90 Å². The lowest BCUT2D eigenvalue weighted by molar-refractivity contribution is -0.00964. The van der Waals surface area contributed by atoms with E-state index in [1.54, 1.807) is 18.2 Å². The van der Waals surface area contributed by atoms with E-state index in [2.05, 4.69) is 13.5 Å². The summed E-state index contributed by atoms with van der Waals surface area (Å²) in [6.07, 6.45) is 0. The van der Waals surface area contributed by atoms with Crippen molar-refractivity contribution in [3.05, 3.63) is 29.8 Å². The summed E-state index contributed by atoms with van der Waals surface area (Å²) in [6.45, 7) is 3.27. The maximum Gasteiger partial charge on any atom is 0.480 e. The van der Waals surface area contributed by atoms with Crippen molar-refractivity contribution >= 4 is 10.4 Å². The average Bonchev–Trinajstić information content (AvgIpc) is 2.42. The van der Waals surface area contributed by atoms with Gasteiger partial charge in [0, 0.05) is 25.2 Å². The van der Waals surface area contributed by atoms with Crippen LogP contribution in [0.3, 0.4) is 0 Å². The van der Waals surface area contributed by atoms with Gasteiger partial charge >= 0.3 is 10.4 Å². The Hall–Kier alpha value is -1.22. The maximum absolute atomic E-state index is 11.8. The Morgan fingerprint density at radius 2 is 1.95 bits per heavy atom. The zero-order valence-electron chi connectivity index (χ0n) is 10.1. The third-order valence-corrected chi connectivity index (χ3v) is 3.28. The van der Waals surface area contributed by atoms with E-state index >= 15 is 0 Å². The van der Waals surface area contributed by atoms with Crippen LogP contribution in [0.25, 0.3) is 0 Å². The molecule has 1 aliphatic heterocycles. The number of morpholine rings is 1. The van der Waals surface area contributed by atoms with Crippen LogP contribution in [0.2, 0.25) is 0 Å². The smallest absolute Gasteiger partial charge is 0.379 e. The Morgan fingerprint density at radius 1 is 1.26 bits per heavy atom. The van der Waals surface area contributed by atoms with E-state index in [1.165, 1.54) is 6.07 Å². The molecule has 8 heteroatoms. The van der Waals surface area contributed by atoms with Crippen molar-refractivity contribution < 1.29 is 26.3 Å². The van der Waals surface area contributed by atoms with Crippen LogP contribution in [0, 0.1) is 0 Å². The average molecular weight is 291 g/mol. The fraction of sp³-hybridized carbons (Fsp3) is 0.455. The van der Waals surface area contributed by atoms with E-state index in [0.717, 1.165) is 13.1 Å². The number of nitrogens with zero attached hydrogens (tertiary/aromatic N) is 1. The normalized spacial score (nSPS) is 17.3. The lowest BCUT2D eigenvalue weighted by Gasteiger charge is -2.27. The molecule has 1 aromatic rings. The molecular formula is C11H14FNO5S. The molecule has 2 rings (SSSR count). The number of hydrogen-bond acceptors (Lipinski definition) is 6. The van der Waals surface area contributed by atoms with Crippen molar-refractivity contribution in [1.29, 1.82) is 0 Å². The Kier molecular flexibility index (Phi) is 4.70. The van der Waals surface area contributed by atoms with Crippen LogP contribution in [0.5, 0.6) is 5.75 Å². The summed E-state index contributed by atoms with van der Waals surface area (Å²) in [7, 11) is -4.65. The van der Waals surface area contributed by atoms with Crippen LogP contribution in [0.4, 0.5) is 4.53 Å². The largest absolute Gasteiger partial charge is 0.480 e. The fourth-order valence-electron chi connectivity index (χ4n) is 1.84. The zero-order valence-corrected chi connectivity index (χ0v) is 10.9. The minimum Gasteiger partial charge on any atom is -0.379 e. The molecule has 106 valence electrons. The van der Waals surface area contributed by atoms with Crippen LogP contribution < -0.4 is 4.18 Å². The molecule has 0 radical (unpaired) electrons. The monoisotopic (exact) mass is 291 g/mol. The summed E-state index contributed by atoms with van der Waals surface area (Å²) < 4.78 is 46.3. The second-order valence-electron chi connectivity index (χ2n) is 4.05. The molecule has 0 aliphatic carbocycles. The van der Waals surface area contributed by atoms with Crippen molar-refractivity contribution in [1.82, 2.24) is 4.90 Å². The van der Waals surface area contributed by atoms with E-state index in [-0.39, 0.29) is 5.75 Å². The first kappa shape index (κ1) is 14.2. The van der Waals surface area contributed by atoms with E-state index in [4.69, 9.17) is 4.74 Å². The molecular weight excluding hydrogens is 277 g/mol. The lowest BCUT2D eigenvalue weighted by atomic mass is 10.2. The highest BCUT2D eigenvalue weighted by molar-refractivity contribution is 7.82. The number of benzene rings is 1. The molecule has 6 nitrogen and oxygen atoms in total. The van der Waals surface area contributed by atoms with Gasteiger partial charge in [-0.2, -0.15) is 8.42 Å². The molecule has 0 bridgehead atoms. The molecule has 0 amide bonds. The number of halogens is 1. The summed E-state index contributed by atoms with van der Waals surface area (Å²) in [5.74, 6) is 0.0617. The Labute approximate surface area is 110 Å². The second kappa shape index (κ2) is 6.29. The molecule has 0 spiro atoms. The van der Waals surface area contributed by atoms with Crippen LogP contribution in [0.1, 0.15) is 5.56 Å². The molecule has 1 fully saturated rings. The molecule has 1 saturated heterocycles. The van der Waals surface area contributed by atoms with Gasteiger partial charge in [-0.1, -0.05) is 18.2 Å². The molecule has 0 aromatic heterocycles. The molecule has 0 saturated carbocycles. The highest BCUT2D eigenvalue weighted by Crippen LogP contribution is 2.22. The number of hydrogen-bond donors (Lipinski definition) is 0. The molecule has 0 unspecified atom stereocenters. The topological polar surface area (TPSA) is 65.1 Å². The minimum absolute atomic E-state index is 0.0617. The summed E-state index contributed by atoms with van der Waals surface area (Å²) in [5.41, 5.74) is 0.644. The first-order chi connectivity index (χ1) is 9.11. The first-order valence-electron chi connectivity index (χ1n) is 5.73. The molecule has 1 aliphatic rings. The Balaban J connectivity index is 2.11. The molecule has 1 aromatic carbocycles. The van der Waals surface area contributed by atoms with Gasteiger partial charge in [0.15, 0.2) is 0 Å². The highest BCUT2D eigenvalue weighted by Gasteiger charge is 2.18. The van der Waals surface area contributed by atoms with Gasteiger partial charge in [0.1, 0.15) is 5.75 Å². The van der Waals surface area contributed by atoms with Crippen molar-refractivity contribution in [2.75, 3.05) is 26.3 Å². The van der Waals surface area contributed by atoms with Gasteiger partial charge in [-0.15, -0.1) is 0 Å². The highest BCUT2D eigenvalue weighted by atomic mass is 32.3. The second-order valence-corrected chi connectivity index (χ2v) is 5.16. The first-order valence-corrected chi connectivity index (χ1v) is 7.07. The standard InChI is InChI=1S/C11H14FNO5S/c12-18-19(14,15)17-11-4-2-1-3-10(11)9-13-5-7-16-8-6-13/h1-4H,5-9H2. The van der Waals surface area contributed by atoms with Gasteiger partial charge in [-0.25, -0.2) is 0 Å². The third-order valence-electron chi connectivity index (χ3n) is 2.74. The van der Waals surface area contributed by atoms with Gasteiger partial charge in [-0.05, 0) is 15.0 Å². The van der Waals surface area contributed by atoms with Crippen molar-refractivity contribution in [3.63, 3.8) is 0 Å². The number of para-hydroxylation sites is 1. The third kappa shape index (κ3) is 4.13. The Bertz CT molecular complexity index is 516. The summed E-state index contributed by atoms with van der Waals surface area (Å²) in [4.78, 5) is 2.09.